The highest BCUT2D eigenvalue weighted by atomic mass is 16.1. The molecule has 1 aromatic carbocycles. The molecule has 0 spiro atoms. The van der Waals surface area contributed by atoms with Crippen LogP contribution in [0.15, 0.2) is 24.3 Å². The Bertz CT molecular complexity index is 426. The first-order valence-corrected chi connectivity index (χ1v) is 6.78. The first kappa shape index (κ1) is 13.3. The summed E-state index contributed by atoms with van der Waals surface area (Å²) >= 11 is 0. The Kier molecular flexibility index (Phi) is 3.86. The number of piperidine rings is 1. The fourth-order valence-electron chi connectivity index (χ4n) is 2.43. The van der Waals surface area contributed by atoms with Crippen LogP contribution in [0.5, 0.6) is 0 Å². The molecule has 1 aliphatic rings. The predicted molar refractivity (Wildman–Crippen MR) is 75.0 cm³/mol. The number of carbonyl (C=O) groups excluding carboxylic acids is 1. The molecule has 0 radical (unpaired) electrons. The molecule has 0 bridgehead atoms. The predicted octanol–water partition coefficient (Wildman–Crippen LogP) is 3.30. The van der Waals surface area contributed by atoms with Gasteiger partial charge in [0.1, 0.15) is 0 Å². The van der Waals surface area contributed by atoms with E-state index in [9.17, 15) is 4.79 Å². The number of ketones is 1. The second kappa shape index (κ2) is 5.23. The highest BCUT2D eigenvalue weighted by molar-refractivity contribution is 5.97. The second-order valence-corrected chi connectivity index (χ2v) is 6.23. The average molecular weight is 245 g/mol. The van der Waals surface area contributed by atoms with Gasteiger partial charge in [0.05, 0.1) is 6.54 Å². The number of rotatable bonds is 3. The summed E-state index contributed by atoms with van der Waals surface area (Å²) in [6, 6.07) is 7.89. The Morgan fingerprint density at radius 3 is 2.56 bits per heavy atom. The number of hydrogen-bond acceptors (Lipinski definition) is 2. The Hall–Kier alpha value is -1.15. The number of hydrogen-bond donors (Lipinski definition) is 0. The average Bonchev–Trinajstić information content (AvgIpc) is 2.32. The van der Waals surface area contributed by atoms with E-state index in [0.717, 1.165) is 24.2 Å². The molecule has 98 valence electrons. The molecule has 1 heterocycles. The number of nitrogens with zero attached hydrogens (tertiary/aromatic N) is 1. The van der Waals surface area contributed by atoms with Crippen molar-refractivity contribution in [2.24, 2.45) is 5.41 Å². The summed E-state index contributed by atoms with van der Waals surface area (Å²) in [4.78, 5) is 14.5. The van der Waals surface area contributed by atoms with E-state index in [2.05, 4.69) is 18.7 Å². The third-order valence-electron chi connectivity index (χ3n) is 3.92. The molecule has 1 fully saturated rings. The van der Waals surface area contributed by atoms with E-state index in [1.54, 1.807) is 0 Å². The number of Topliss-reactive ketones (excluding diaryl/α,β-unsaturated/α-hetero) is 1. The maximum absolute atomic E-state index is 12.2. The van der Waals surface area contributed by atoms with Crippen LogP contribution in [0.1, 0.15) is 42.6 Å². The van der Waals surface area contributed by atoms with E-state index in [-0.39, 0.29) is 5.78 Å². The lowest BCUT2D eigenvalue weighted by Crippen LogP contribution is -2.40. The zero-order valence-corrected chi connectivity index (χ0v) is 11.7. The molecule has 1 aromatic rings. The molecule has 2 rings (SSSR count). The highest BCUT2D eigenvalue weighted by Gasteiger charge is 2.26. The van der Waals surface area contributed by atoms with Crippen molar-refractivity contribution in [3.8, 4) is 0 Å². The zero-order chi connectivity index (χ0) is 13.2. The van der Waals surface area contributed by atoms with Gasteiger partial charge < -0.3 is 0 Å². The topological polar surface area (TPSA) is 20.3 Å². The van der Waals surface area contributed by atoms with Gasteiger partial charge in [-0.2, -0.15) is 0 Å². The van der Waals surface area contributed by atoms with Crippen LogP contribution < -0.4 is 0 Å². The number of likely N-dealkylation sites (tertiary alicyclic amines) is 1. The lowest BCUT2D eigenvalue weighted by atomic mass is 9.82. The summed E-state index contributed by atoms with van der Waals surface area (Å²) in [5.41, 5.74) is 2.45. The molecule has 0 atom stereocenters. The second-order valence-electron chi connectivity index (χ2n) is 6.23. The summed E-state index contributed by atoms with van der Waals surface area (Å²) in [5, 5.41) is 0. The summed E-state index contributed by atoms with van der Waals surface area (Å²) in [6.07, 6.45) is 2.38. The monoisotopic (exact) mass is 245 g/mol. The zero-order valence-electron chi connectivity index (χ0n) is 11.7. The van der Waals surface area contributed by atoms with E-state index in [1.807, 2.05) is 31.2 Å². The van der Waals surface area contributed by atoms with Crippen molar-refractivity contribution in [1.82, 2.24) is 4.90 Å². The molecule has 0 N–H and O–H groups in total. The molecule has 0 unspecified atom stereocenters. The summed E-state index contributed by atoms with van der Waals surface area (Å²) in [6.45, 7) is 9.31. The summed E-state index contributed by atoms with van der Waals surface area (Å²) in [5.74, 6) is 0.249. The van der Waals surface area contributed by atoms with Crippen LogP contribution in [0.4, 0.5) is 0 Å². The van der Waals surface area contributed by atoms with Gasteiger partial charge in [0.15, 0.2) is 5.78 Å². The van der Waals surface area contributed by atoms with Crippen LogP contribution in [0.2, 0.25) is 0 Å². The normalized spacial score (nSPS) is 19.7. The van der Waals surface area contributed by atoms with Crippen LogP contribution in [0, 0.1) is 12.3 Å². The number of benzene rings is 1. The van der Waals surface area contributed by atoms with Gasteiger partial charge in [-0.1, -0.05) is 37.6 Å². The summed E-state index contributed by atoms with van der Waals surface area (Å²) < 4.78 is 0. The molecule has 1 saturated heterocycles. The maximum atomic E-state index is 12.2. The van der Waals surface area contributed by atoms with Gasteiger partial charge in [-0.05, 0) is 44.3 Å². The largest absolute Gasteiger partial charge is 0.296 e. The lowest BCUT2D eigenvalue weighted by molar-refractivity contribution is 0.0845. The minimum atomic E-state index is 0.249. The van der Waals surface area contributed by atoms with Crippen molar-refractivity contribution < 1.29 is 4.79 Å². The van der Waals surface area contributed by atoms with Crippen molar-refractivity contribution in [2.75, 3.05) is 19.6 Å². The van der Waals surface area contributed by atoms with Crippen molar-refractivity contribution in [3.63, 3.8) is 0 Å². The number of aryl methyl sites for hydroxylation is 1. The van der Waals surface area contributed by atoms with Gasteiger partial charge in [0.2, 0.25) is 0 Å². The molecule has 0 saturated carbocycles. The van der Waals surface area contributed by atoms with Gasteiger partial charge in [-0.15, -0.1) is 0 Å². The Morgan fingerprint density at radius 2 is 1.94 bits per heavy atom. The van der Waals surface area contributed by atoms with E-state index in [0.29, 0.717) is 12.0 Å². The van der Waals surface area contributed by atoms with E-state index >= 15 is 0 Å². The molecule has 0 aliphatic carbocycles. The molecule has 1 aliphatic heterocycles. The third kappa shape index (κ3) is 3.42. The standard InChI is InChI=1S/C16H23NO/c1-13-5-4-6-14(11-13)15(18)12-17-9-7-16(2,3)8-10-17/h4-6,11H,7-10,12H2,1-3H3. The molecule has 18 heavy (non-hydrogen) atoms. The van der Waals surface area contributed by atoms with Crippen molar-refractivity contribution in [1.29, 1.82) is 0 Å². The first-order chi connectivity index (χ1) is 8.46. The fraction of sp³-hybridized carbons (Fsp3) is 0.562. The van der Waals surface area contributed by atoms with Crippen molar-refractivity contribution in [2.45, 2.75) is 33.6 Å². The SMILES string of the molecule is Cc1cccc(C(=O)CN2CCC(C)(C)CC2)c1. The Labute approximate surface area is 110 Å². The lowest BCUT2D eigenvalue weighted by Gasteiger charge is -2.36. The van der Waals surface area contributed by atoms with Gasteiger partial charge in [-0.3, -0.25) is 9.69 Å². The fourth-order valence-corrected chi connectivity index (χ4v) is 2.43. The highest BCUT2D eigenvalue weighted by Crippen LogP contribution is 2.29. The van der Waals surface area contributed by atoms with Gasteiger partial charge in [0.25, 0.3) is 0 Å². The number of carbonyl (C=O) groups is 1. The van der Waals surface area contributed by atoms with E-state index < -0.39 is 0 Å². The molecule has 0 amide bonds. The van der Waals surface area contributed by atoms with Crippen molar-refractivity contribution >= 4 is 5.78 Å². The van der Waals surface area contributed by atoms with Crippen LogP contribution in [0.3, 0.4) is 0 Å². The van der Waals surface area contributed by atoms with Crippen molar-refractivity contribution in [3.05, 3.63) is 35.4 Å². The molecular weight excluding hydrogens is 222 g/mol. The maximum Gasteiger partial charge on any atom is 0.176 e. The molecule has 2 heteroatoms. The van der Waals surface area contributed by atoms with Crippen LogP contribution in [-0.2, 0) is 0 Å². The Morgan fingerprint density at radius 1 is 1.28 bits per heavy atom. The van der Waals surface area contributed by atoms with E-state index in [4.69, 9.17) is 0 Å². The molecule has 2 nitrogen and oxygen atoms in total. The van der Waals surface area contributed by atoms with Gasteiger partial charge in [-0.25, -0.2) is 0 Å². The Balaban J connectivity index is 1.93. The smallest absolute Gasteiger partial charge is 0.176 e. The molecular formula is C16H23NO. The van der Waals surface area contributed by atoms with E-state index in [1.165, 1.54) is 12.8 Å². The van der Waals surface area contributed by atoms with Crippen LogP contribution in [0.25, 0.3) is 0 Å². The minimum Gasteiger partial charge on any atom is -0.296 e. The van der Waals surface area contributed by atoms with Gasteiger partial charge >= 0.3 is 0 Å². The van der Waals surface area contributed by atoms with Gasteiger partial charge in [0, 0.05) is 5.56 Å². The first-order valence-electron chi connectivity index (χ1n) is 6.78. The van der Waals surface area contributed by atoms with Crippen LogP contribution in [-0.4, -0.2) is 30.3 Å². The van der Waals surface area contributed by atoms with Crippen LogP contribution >= 0.6 is 0 Å². The quantitative estimate of drug-likeness (QED) is 0.762. The molecule has 0 aromatic heterocycles. The summed E-state index contributed by atoms with van der Waals surface area (Å²) in [7, 11) is 0. The third-order valence-corrected chi connectivity index (χ3v) is 3.92. The minimum absolute atomic E-state index is 0.249.